The largest absolute Gasteiger partial charge is 0.493 e. The van der Waals surface area contributed by atoms with Crippen molar-refractivity contribution in [1.82, 2.24) is 0 Å². The molecule has 1 amide bonds. The van der Waals surface area contributed by atoms with Crippen molar-refractivity contribution < 1.29 is 19.0 Å². The Hall–Kier alpha value is -4.06. The lowest BCUT2D eigenvalue weighted by Gasteiger charge is -2.14. The van der Waals surface area contributed by atoms with E-state index in [4.69, 9.17) is 14.2 Å². The lowest BCUT2D eigenvalue weighted by Crippen LogP contribution is -2.13. The van der Waals surface area contributed by atoms with Gasteiger partial charge in [0.05, 0.1) is 16.1 Å². The third kappa shape index (κ3) is 7.75. The molecule has 0 fully saturated rings. The van der Waals surface area contributed by atoms with Crippen LogP contribution in [-0.2, 0) is 18.0 Å². The average Bonchev–Trinajstić information content (AvgIpc) is 2.96. The third-order valence-electron chi connectivity index (χ3n) is 5.85. The van der Waals surface area contributed by atoms with E-state index in [1.54, 1.807) is 31.4 Å². The van der Waals surface area contributed by atoms with Crippen molar-refractivity contribution in [3.05, 3.63) is 122 Å². The molecule has 0 saturated heterocycles. The molecule has 0 unspecified atom stereocenters. The number of hydrogen-bond acceptors (Lipinski definition) is 5. The number of carbonyl (C=O) groups is 1. The summed E-state index contributed by atoms with van der Waals surface area (Å²) in [5, 5.41) is 12.3. The Bertz CT molecular complexity index is 1540. The second kappa shape index (κ2) is 13.8. The summed E-state index contributed by atoms with van der Waals surface area (Å²) in [4.78, 5) is 12.6. The molecule has 0 aliphatic carbocycles. The van der Waals surface area contributed by atoms with E-state index in [0.29, 0.717) is 44.1 Å². The van der Waals surface area contributed by atoms with Gasteiger partial charge in [-0.2, -0.15) is 5.26 Å². The first kappa shape index (κ1) is 28.9. The average molecular weight is 662 g/mol. The highest BCUT2D eigenvalue weighted by Crippen LogP contribution is 2.37. The first-order valence-corrected chi connectivity index (χ1v) is 13.9. The Kier molecular flexibility index (Phi) is 10.0. The number of benzene rings is 4. The molecule has 0 heterocycles. The summed E-state index contributed by atoms with van der Waals surface area (Å²) in [7, 11) is 1.60. The van der Waals surface area contributed by atoms with Crippen LogP contribution in [0.2, 0.25) is 0 Å². The minimum absolute atomic E-state index is 0.0188. The fraction of sp³-hybridized carbons (Fsp3) is 0.125. The molecule has 202 valence electrons. The number of nitrogens with zero attached hydrogens (tertiary/aromatic N) is 1. The number of anilines is 1. The number of nitrogens with one attached hydrogen (secondary N) is 1. The summed E-state index contributed by atoms with van der Waals surface area (Å²) in [6.07, 6.45) is 1.53. The van der Waals surface area contributed by atoms with E-state index < -0.39 is 5.91 Å². The number of rotatable bonds is 10. The van der Waals surface area contributed by atoms with Crippen molar-refractivity contribution in [1.29, 1.82) is 5.26 Å². The van der Waals surface area contributed by atoms with Crippen LogP contribution in [-0.4, -0.2) is 13.0 Å². The van der Waals surface area contributed by atoms with E-state index in [2.05, 4.69) is 37.2 Å². The molecule has 0 saturated carbocycles. The van der Waals surface area contributed by atoms with Gasteiger partial charge >= 0.3 is 0 Å². The monoisotopic (exact) mass is 660 g/mol. The van der Waals surface area contributed by atoms with E-state index in [1.165, 1.54) is 6.08 Å². The van der Waals surface area contributed by atoms with Crippen LogP contribution in [0.4, 0.5) is 5.69 Å². The van der Waals surface area contributed by atoms with Gasteiger partial charge < -0.3 is 19.5 Å². The van der Waals surface area contributed by atoms with E-state index in [-0.39, 0.29) is 12.2 Å². The highest BCUT2D eigenvalue weighted by Gasteiger charge is 2.14. The Balaban J connectivity index is 1.43. The highest BCUT2D eigenvalue weighted by atomic mass is 79.9. The SMILES string of the molecule is COc1cc(COc2c(Br)cc(/C=C(/C#N)C(=O)Nc3ccc(C)cc3)cc2Br)ccc1OCc1ccccc1. The fourth-order valence-corrected chi connectivity index (χ4v) is 5.21. The van der Waals surface area contributed by atoms with Crippen LogP contribution in [0.15, 0.2) is 99.4 Å². The molecule has 4 rings (SSSR count). The van der Waals surface area contributed by atoms with Gasteiger partial charge in [-0.3, -0.25) is 4.79 Å². The van der Waals surface area contributed by atoms with E-state index in [0.717, 1.165) is 16.7 Å². The summed E-state index contributed by atoms with van der Waals surface area (Å²) in [6, 6.07) is 28.5. The van der Waals surface area contributed by atoms with Gasteiger partial charge in [0.25, 0.3) is 5.91 Å². The third-order valence-corrected chi connectivity index (χ3v) is 7.03. The van der Waals surface area contributed by atoms with Gasteiger partial charge in [-0.15, -0.1) is 0 Å². The standard InChI is InChI=1S/C32H26Br2N2O4/c1-21-8-11-26(12-9-21)36-32(37)25(18-35)14-24-15-27(33)31(28(34)16-24)40-20-23-10-13-29(30(17-23)38-2)39-19-22-6-4-3-5-7-22/h3-17H,19-20H2,1-2H3,(H,36,37)/b25-14-. The van der Waals surface area contributed by atoms with Crippen molar-refractivity contribution in [3.8, 4) is 23.3 Å². The lowest BCUT2D eigenvalue weighted by molar-refractivity contribution is -0.112. The number of amides is 1. The summed E-state index contributed by atoms with van der Waals surface area (Å²) in [6.45, 7) is 2.68. The number of nitriles is 1. The van der Waals surface area contributed by atoms with E-state index in [9.17, 15) is 10.1 Å². The smallest absolute Gasteiger partial charge is 0.266 e. The number of aryl methyl sites for hydroxylation is 1. The van der Waals surface area contributed by atoms with Gasteiger partial charge in [0.2, 0.25) is 0 Å². The van der Waals surface area contributed by atoms with Crippen LogP contribution in [0.25, 0.3) is 6.08 Å². The van der Waals surface area contributed by atoms with Crippen LogP contribution in [0.1, 0.15) is 22.3 Å². The number of halogens is 2. The minimum atomic E-state index is -0.482. The molecule has 6 nitrogen and oxygen atoms in total. The van der Waals surface area contributed by atoms with Gasteiger partial charge in [-0.05, 0) is 97.9 Å². The Morgan fingerprint density at radius 3 is 2.20 bits per heavy atom. The maximum absolute atomic E-state index is 12.6. The van der Waals surface area contributed by atoms with E-state index in [1.807, 2.05) is 73.7 Å². The molecule has 0 aromatic heterocycles. The zero-order valence-corrected chi connectivity index (χ0v) is 25.1. The minimum Gasteiger partial charge on any atom is -0.493 e. The van der Waals surface area contributed by atoms with Crippen LogP contribution >= 0.6 is 31.9 Å². The van der Waals surface area contributed by atoms with Gasteiger partial charge in [0.1, 0.15) is 30.6 Å². The summed E-state index contributed by atoms with van der Waals surface area (Å²) in [5.74, 6) is 1.36. The molecule has 0 atom stereocenters. The maximum atomic E-state index is 12.6. The Morgan fingerprint density at radius 1 is 0.875 bits per heavy atom. The molecule has 1 N–H and O–H groups in total. The molecule has 40 heavy (non-hydrogen) atoms. The number of carbonyl (C=O) groups excluding carboxylic acids is 1. The predicted molar refractivity (Wildman–Crippen MR) is 163 cm³/mol. The van der Waals surface area contributed by atoms with Crippen LogP contribution < -0.4 is 19.5 Å². The Labute approximate surface area is 250 Å². The molecule has 4 aromatic carbocycles. The predicted octanol–water partition coefficient (Wildman–Crippen LogP) is 8.23. The molecule has 0 spiro atoms. The van der Waals surface area contributed by atoms with Crippen molar-refractivity contribution in [2.24, 2.45) is 0 Å². The second-order valence-corrected chi connectivity index (χ2v) is 10.6. The van der Waals surface area contributed by atoms with Crippen molar-refractivity contribution in [3.63, 3.8) is 0 Å². The van der Waals surface area contributed by atoms with Crippen molar-refractivity contribution in [2.45, 2.75) is 20.1 Å². The first-order valence-electron chi connectivity index (χ1n) is 12.3. The first-order chi connectivity index (χ1) is 19.4. The quantitative estimate of drug-likeness (QED) is 0.137. The zero-order valence-electron chi connectivity index (χ0n) is 21.9. The Morgan fingerprint density at radius 2 is 1.55 bits per heavy atom. The van der Waals surface area contributed by atoms with Crippen molar-refractivity contribution in [2.75, 3.05) is 12.4 Å². The molecule has 8 heteroatoms. The fourth-order valence-electron chi connectivity index (χ4n) is 3.76. The second-order valence-electron chi connectivity index (χ2n) is 8.85. The van der Waals surface area contributed by atoms with Crippen molar-refractivity contribution >= 4 is 49.5 Å². The van der Waals surface area contributed by atoms with Gasteiger partial charge in [0, 0.05) is 5.69 Å². The van der Waals surface area contributed by atoms with Gasteiger partial charge in [-0.25, -0.2) is 0 Å². The highest BCUT2D eigenvalue weighted by molar-refractivity contribution is 9.11. The molecular weight excluding hydrogens is 636 g/mol. The zero-order chi connectivity index (χ0) is 28.5. The molecule has 0 aliphatic rings. The van der Waals surface area contributed by atoms with Crippen LogP contribution in [0.3, 0.4) is 0 Å². The summed E-state index contributed by atoms with van der Waals surface area (Å²) >= 11 is 7.10. The number of hydrogen-bond donors (Lipinski definition) is 1. The molecular formula is C32H26Br2N2O4. The summed E-state index contributed by atoms with van der Waals surface area (Å²) < 4.78 is 18.9. The maximum Gasteiger partial charge on any atom is 0.266 e. The number of methoxy groups -OCH3 is 1. The van der Waals surface area contributed by atoms with Gasteiger partial charge in [-0.1, -0.05) is 54.1 Å². The summed E-state index contributed by atoms with van der Waals surface area (Å²) in [5.41, 5.74) is 4.30. The topological polar surface area (TPSA) is 80.6 Å². The molecule has 0 radical (unpaired) electrons. The molecule has 4 aromatic rings. The number of ether oxygens (including phenoxy) is 3. The van der Waals surface area contributed by atoms with Gasteiger partial charge in [0.15, 0.2) is 11.5 Å². The normalized spacial score (nSPS) is 10.9. The van der Waals surface area contributed by atoms with E-state index >= 15 is 0 Å². The lowest BCUT2D eigenvalue weighted by atomic mass is 10.1. The van der Waals surface area contributed by atoms with Crippen LogP contribution in [0.5, 0.6) is 17.2 Å². The molecule has 0 aliphatic heterocycles. The van der Waals surface area contributed by atoms with Crippen LogP contribution in [0, 0.1) is 18.3 Å². The molecule has 0 bridgehead atoms.